The zero-order valence-electron chi connectivity index (χ0n) is 14.9. The van der Waals surface area contributed by atoms with Crippen molar-refractivity contribution in [3.05, 3.63) is 64.3 Å². The van der Waals surface area contributed by atoms with Crippen molar-refractivity contribution in [3.63, 3.8) is 0 Å². The van der Waals surface area contributed by atoms with Gasteiger partial charge in [0.15, 0.2) is 0 Å². The summed E-state index contributed by atoms with van der Waals surface area (Å²) in [5.41, 5.74) is 2.25. The van der Waals surface area contributed by atoms with E-state index in [1.807, 2.05) is 0 Å². The molecular weight excluding hydrogens is 368 g/mol. The fourth-order valence-electron chi connectivity index (χ4n) is 3.32. The highest BCUT2D eigenvalue weighted by Gasteiger charge is 2.26. The Balaban J connectivity index is 2.22. The van der Waals surface area contributed by atoms with E-state index >= 15 is 0 Å². The van der Waals surface area contributed by atoms with Crippen molar-refractivity contribution in [1.29, 1.82) is 0 Å². The second-order valence-corrected chi connectivity index (χ2v) is 6.71. The van der Waals surface area contributed by atoms with Crippen molar-refractivity contribution in [1.82, 2.24) is 9.88 Å². The topological polar surface area (TPSA) is 91.6 Å². The zero-order chi connectivity index (χ0) is 19.7. The van der Waals surface area contributed by atoms with E-state index in [9.17, 15) is 14.7 Å². The predicted molar refractivity (Wildman–Crippen MR) is 103 cm³/mol. The molecule has 2 aromatic carbocycles. The SMILES string of the molecule is Cc1c([C@H](C)C(=O)NCO)c2cc(O)ccc2n1C(=O)c1ccc(Cl)cc1. The van der Waals surface area contributed by atoms with Gasteiger partial charge in [-0.1, -0.05) is 11.6 Å². The maximum atomic E-state index is 13.1. The van der Waals surface area contributed by atoms with Crippen LogP contribution in [0.5, 0.6) is 5.75 Å². The van der Waals surface area contributed by atoms with Gasteiger partial charge in [0.1, 0.15) is 12.5 Å². The van der Waals surface area contributed by atoms with Gasteiger partial charge < -0.3 is 15.5 Å². The average Bonchev–Trinajstić information content (AvgIpc) is 2.92. The largest absolute Gasteiger partial charge is 0.508 e. The number of fused-ring (bicyclic) bond motifs is 1. The number of nitrogens with one attached hydrogen (secondary N) is 1. The minimum absolute atomic E-state index is 0.0367. The molecule has 1 heterocycles. The molecule has 0 aliphatic rings. The van der Waals surface area contributed by atoms with Gasteiger partial charge in [-0.3, -0.25) is 14.2 Å². The first-order chi connectivity index (χ1) is 12.8. The third-order valence-corrected chi connectivity index (χ3v) is 4.86. The summed E-state index contributed by atoms with van der Waals surface area (Å²) in [4.78, 5) is 25.4. The molecule has 140 valence electrons. The van der Waals surface area contributed by atoms with E-state index in [1.165, 1.54) is 16.7 Å². The number of amides is 1. The number of rotatable bonds is 4. The van der Waals surface area contributed by atoms with E-state index in [4.69, 9.17) is 16.7 Å². The van der Waals surface area contributed by atoms with Crippen molar-refractivity contribution in [2.75, 3.05) is 6.73 Å². The lowest BCUT2D eigenvalue weighted by Gasteiger charge is -2.12. The number of hydrogen-bond acceptors (Lipinski definition) is 4. The maximum absolute atomic E-state index is 13.1. The quantitative estimate of drug-likeness (QED) is 0.600. The van der Waals surface area contributed by atoms with Gasteiger partial charge in [0, 0.05) is 21.7 Å². The van der Waals surface area contributed by atoms with E-state index in [-0.39, 0.29) is 17.6 Å². The summed E-state index contributed by atoms with van der Waals surface area (Å²) in [6.45, 7) is 2.96. The molecule has 3 aromatic rings. The monoisotopic (exact) mass is 386 g/mol. The van der Waals surface area contributed by atoms with Crippen LogP contribution in [0, 0.1) is 6.92 Å². The Morgan fingerprint density at radius 2 is 1.85 bits per heavy atom. The number of carbonyl (C=O) groups is 2. The first kappa shape index (κ1) is 18.9. The van der Waals surface area contributed by atoms with Crippen LogP contribution in [0.15, 0.2) is 42.5 Å². The number of carbonyl (C=O) groups excluding carboxylic acids is 2. The van der Waals surface area contributed by atoms with E-state index in [0.29, 0.717) is 32.7 Å². The number of nitrogens with zero attached hydrogens (tertiary/aromatic N) is 1. The summed E-state index contributed by atoms with van der Waals surface area (Å²) in [6, 6.07) is 11.2. The summed E-state index contributed by atoms with van der Waals surface area (Å²) in [7, 11) is 0. The molecule has 6 nitrogen and oxygen atoms in total. The highest BCUT2D eigenvalue weighted by atomic mass is 35.5. The lowest BCUT2D eigenvalue weighted by molar-refractivity contribution is -0.123. The molecule has 0 aliphatic carbocycles. The van der Waals surface area contributed by atoms with Crippen LogP contribution >= 0.6 is 11.6 Å². The third-order valence-electron chi connectivity index (χ3n) is 4.61. The van der Waals surface area contributed by atoms with Gasteiger partial charge in [-0.15, -0.1) is 0 Å². The Bertz CT molecular complexity index is 1020. The number of aliphatic hydroxyl groups excluding tert-OH is 1. The van der Waals surface area contributed by atoms with Crippen LogP contribution in [-0.2, 0) is 4.79 Å². The maximum Gasteiger partial charge on any atom is 0.262 e. The Labute approximate surface area is 161 Å². The summed E-state index contributed by atoms with van der Waals surface area (Å²) in [6.07, 6.45) is 0. The highest BCUT2D eigenvalue weighted by molar-refractivity contribution is 6.30. The summed E-state index contributed by atoms with van der Waals surface area (Å²) in [5, 5.41) is 22.4. The van der Waals surface area contributed by atoms with Gasteiger partial charge in [-0.2, -0.15) is 0 Å². The molecule has 0 unspecified atom stereocenters. The van der Waals surface area contributed by atoms with E-state index in [0.717, 1.165) is 0 Å². The third kappa shape index (κ3) is 3.41. The zero-order valence-corrected chi connectivity index (χ0v) is 15.6. The number of benzene rings is 2. The van der Waals surface area contributed by atoms with Gasteiger partial charge in [-0.05, 0) is 61.9 Å². The number of phenolic OH excluding ortho intramolecular Hbond substituents is 1. The standard InChI is InChI=1S/C20H19ClN2O4/c1-11(19(26)22-10-24)18-12(2)23(17-8-7-15(25)9-16(17)18)20(27)13-3-5-14(21)6-4-13/h3-9,11,24-25H,10H2,1-2H3,(H,22,26)/t11-/m0/s1. The van der Waals surface area contributed by atoms with Crippen LogP contribution in [-0.4, -0.2) is 33.3 Å². The van der Waals surface area contributed by atoms with Crippen molar-refractivity contribution < 1.29 is 19.8 Å². The van der Waals surface area contributed by atoms with Crippen LogP contribution in [0.1, 0.15) is 34.5 Å². The summed E-state index contributed by atoms with van der Waals surface area (Å²) < 4.78 is 1.52. The van der Waals surface area contributed by atoms with Gasteiger partial charge in [0.2, 0.25) is 5.91 Å². The van der Waals surface area contributed by atoms with Crippen molar-refractivity contribution in [3.8, 4) is 5.75 Å². The Morgan fingerprint density at radius 3 is 2.48 bits per heavy atom. The summed E-state index contributed by atoms with van der Waals surface area (Å²) >= 11 is 5.91. The van der Waals surface area contributed by atoms with Crippen molar-refractivity contribution in [2.45, 2.75) is 19.8 Å². The fraction of sp³-hybridized carbons (Fsp3) is 0.200. The lowest BCUT2D eigenvalue weighted by atomic mass is 9.97. The molecule has 0 fully saturated rings. The minimum Gasteiger partial charge on any atom is -0.508 e. The Morgan fingerprint density at radius 1 is 1.19 bits per heavy atom. The first-order valence-electron chi connectivity index (χ1n) is 8.38. The molecule has 0 saturated heterocycles. The molecule has 7 heteroatoms. The van der Waals surface area contributed by atoms with Gasteiger partial charge in [-0.25, -0.2) is 0 Å². The lowest BCUT2D eigenvalue weighted by Crippen LogP contribution is -2.29. The van der Waals surface area contributed by atoms with E-state index in [2.05, 4.69) is 5.32 Å². The number of halogens is 1. The molecule has 1 aromatic heterocycles. The second kappa shape index (κ2) is 7.42. The normalized spacial score (nSPS) is 12.1. The number of phenols is 1. The fourth-order valence-corrected chi connectivity index (χ4v) is 3.45. The molecule has 27 heavy (non-hydrogen) atoms. The van der Waals surface area contributed by atoms with Crippen molar-refractivity contribution in [2.24, 2.45) is 0 Å². The number of aromatic hydroxyl groups is 1. The number of aromatic nitrogens is 1. The Kier molecular flexibility index (Phi) is 5.21. The van der Waals surface area contributed by atoms with Crippen LogP contribution in [0.2, 0.25) is 5.02 Å². The molecule has 0 saturated carbocycles. The second-order valence-electron chi connectivity index (χ2n) is 6.27. The first-order valence-corrected chi connectivity index (χ1v) is 8.75. The molecule has 0 spiro atoms. The van der Waals surface area contributed by atoms with Gasteiger partial charge >= 0.3 is 0 Å². The predicted octanol–water partition coefficient (Wildman–Crippen LogP) is 3.17. The summed E-state index contributed by atoms with van der Waals surface area (Å²) in [5.74, 6) is -1.22. The molecule has 1 atom stereocenters. The molecule has 1 amide bonds. The number of hydrogen-bond donors (Lipinski definition) is 3. The van der Waals surface area contributed by atoms with Gasteiger partial charge in [0.25, 0.3) is 5.91 Å². The number of aliphatic hydroxyl groups is 1. The molecule has 3 rings (SSSR count). The van der Waals surface area contributed by atoms with Crippen LogP contribution in [0.4, 0.5) is 0 Å². The average molecular weight is 387 g/mol. The van der Waals surface area contributed by atoms with Crippen LogP contribution < -0.4 is 5.32 Å². The van der Waals surface area contributed by atoms with Crippen LogP contribution in [0.3, 0.4) is 0 Å². The van der Waals surface area contributed by atoms with Crippen LogP contribution in [0.25, 0.3) is 10.9 Å². The minimum atomic E-state index is -0.624. The molecule has 0 radical (unpaired) electrons. The van der Waals surface area contributed by atoms with Crippen molar-refractivity contribution >= 4 is 34.3 Å². The molecule has 3 N–H and O–H groups in total. The smallest absolute Gasteiger partial charge is 0.262 e. The Hall–Kier alpha value is -2.83. The molecule has 0 aliphatic heterocycles. The highest BCUT2D eigenvalue weighted by Crippen LogP contribution is 2.34. The van der Waals surface area contributed by atoms with E-state index in [1.54, 1.807) is 44.2 Å². The van der Waals surface area contributed by atoms with Gasteiger partial charge in [0.05, 0.1) is 11.4 Å². The molecule has 0 bridgehead atoms. The molecular formula is C20H19ClN2O4. The van der Waals surface area contributed by atoms with E-state index < -0.39 is 12.6 Å².